The van der Waals surface area contributed by atoms with Crippen molar-refractivity contribution in [1.82, 2.24) is 15.5 Å². The van der Waals surface area contributed by atoms with Crippen molar-refractivity contribution >= 4 is 11.7 Å². The summed E-state index contributed by atoms with van der Waals surface area (Å²) in [5.41, 5.74) is 6.14. The molecule has 0 aliphatic carbocycles. The lowest BCUT2D eigenvalue weighted by atomic mass is 10.0. The number of nitrogens with zero attached hydrogens (tertiary/aromatic N) is 3. The van der Waals surface area contributed by atoms with Crippen LogP contribution in [-0.2, 0) is 0 Å². The van der Waals surface area contributed by atoms with E-state index in [1.165, 1.54) is 0 Å². The van der Waals surface area contributed by atoms with Crippen LogP contribution in [0, 0.1) is 13.8 Å². The number of nitrogens with one attached hydrogen (secondary N) is 1. The third-order valence-electron chi connectivity index (χ3n) is 2.52. The van der Waals surface area contributed by atoms with E-state index >= 15 is 0 Å². The Kier molecular flexibility index (Phi) is 3.85. The van der Waals surface area contributed by atoms with Crippen molar-refractivity contribution in [3.63, 3.8) is 0 Å². The zero-order chi connectivity index (χ0) is 13.9. The molecule has 1 rings (SSSR count). The highest BCUT2D eigenvalue weighted by molar-refractivity contribution is 6.00. The number of carbonyl (C=O) groups is 1. The van der Waals surface area contributed by atoms with E-state index in [9.17, 15) is 4.79 Å². The molecule has 0 spiro atoms. The summed E-state index contributed by atoms with van der Waals surface area (Å²) in [5.74, 6) is -0.422. The first kappa shape index (κ1) is 13.9. The summed E-state index contributed by atoms with van der Waals surface area (Å²) in [7, 11) is 0. The molecule has 1 aromatic rings. The normalized spacial score (nSPS) is 12.3. The Hall–Kier alpha value is -2.18. The van der Waals surface area contributed by atoms with Gasteiger partial charge in [-0.15, -0.1) is 0 Å². The number of hydrogen-bond acceptors (Lipinski definition) is 5. The van der Waals surface area contributed by atoms with E-state index in [1.54, 1.807) is 33.8 Å². The minimum Gasteiger partial charge on any atom is -0.409 e. The molecule has 0 unspecified atom stereocenters. The van der Waals surface area contributed by atoms with Crippen LogP contribution in [-0.4, -0.2) is 32.7 Å². The smallest absolute Gasteiger partial charge is 0.254 e. The van der Waals surface area contributed by atoms with Crippen LogP contribution in [0.15, 0.2) is 11.2 Å². The number of rotatable bonds is 3. The quantitative estimate of drug-likeness (QED) is 0.310. The summed E-state index contributed by atoms with van der Waals surface area (Å²) in [4.78, 5) is 12.1. The van der Waals surface area contributed by atoms with Gasteiger partial charge >= 0.3 is 0 Å². The maximum absolute atomic E-state index is 12.1. The van der Waals surface area contributed by atoms with Crippen LogP contribution in [0.3, 0.4) is 0 Å². The maximum atomic E-state index is 12.1. The lowest BCUT2D eigenvalue weighted by molar-refractivity contribution is 0.0929. The molecule has 0 bridgehead atoms. The van der Waals surface area contributed by atoms with Crippen LogP contribution >= 0.6 is 0 Å². The van der Waals surface area contributed by atoms with Crippen molar-refractivity contribution in [2.45, 2.75) is 33.2 Å². The summed E-state index contributed by atoms with van der Waals surface area (Å²) in [6.45, 7) is 6.71. The van der Waals surface area contributed by atoms with Gasteiger partial charge in [0.05, 0.1) is 22.5 Å². The topological polar surface area (TPSA) is 113 Å². The number of amidine groups is 1. The second-order valence-corrected chi connectivity index (χ2v) is 4.55. The van der Waals surface area contributed by atoms with Gasteiger partial charge in [-0.3, -0.25) is 4.79 Å². The Bertz CT molecular complexity index is 496. The lowest BCUT2D eigenvalue weighted by Crippen LogP contribution is -2.53. The van der Waals surface area contributed by atoms with E-state index in [2.05, 4.69) is 20.7 Å². The highest BCUT2D eigenvalue weighted by Crippen LogP contribution is 2.09. The Labute approximate surface area is 105 Å². The van der Waals surface area contributed by atoms with Gasteiger partial charge in [0, 0.05) is 0 Å². The molecular weight excluding hydrogens is 234 g/mol. The highest BCUT2D eigenvalue weighted by Gasteiger charge is 2.27. The predicted octanol–water partition coefficient (Wildman–Crippen LogP) is 0.348. The average Bonchev–Trinajstić information content (AvgIpc) is 2.30. The van der Waals surface area contributed by atoms with E-state index in [4.69, 9.17) is 10.9 Å². The fourth-order valence-corrected chi connectivity index (χ4v) is 1.32. The number of amides is 1. The number of aryl methyl sites for hydroxylation is 2. The van der Waals surface area contributed by atoms with E-state index in [-0.39, 0.29) is 11.7 Å². The molecule has 0 aliphatic heterocycles. The number of nitrogens with two attached hydrogens (primary N) is 1. The molecule has 7 nitrogen and oxygen atoms in total. The van der Waals surface area contributed by atoms with Gasteiger partial charge in [0.25, 0.3) is 5.91 Å². The molecule has 0 saturated carbocycles. The Morgan fingerprint density at radius 2 is 2.06 bits per heavy atom. The van der Waals surface area contributed by atoms with Gasteiger partial charge in [-0.05, 0) is 33.8 Å². The van der Waals surface area contributed by atoms with E-state index in [1.807, 2.05) is 0 Å². The summed E-state index contributed by atoms with van der Waals surface area (Å²) >= 11 is 0. The first-order valence-corrected chi connectivity index (χ1v) is 5.39. The molecule has 98 valence electrons. The van der Waals surface area contributed by atoms with E-state index in [0.717, 1.165) is 0 Å². The first-order valence-electron chi connectivity index (χ1n) is 5.39. The molecule has 0 aromatic carbocycles. The fraction of sp³-hybridized carbons (Fsp3) is 0.455. The first-order chi connectivity index (χ1) is 8.27. The summed E-state index contributed by atoms with van der Waals surface area (Å²) in [6.07, 6.45) is 0. The van der Waals surface area contributed by atoms with Gasteiger partial charge in [-0.1, -0.05) is 5.16 Å². The SMILES string of the molecule is Cc1cc(C(=O)NC(C)(C)/C(N)=N/O)c(C)nn1. The Morgan fingerprint density at radius 3 is 2.61 bits per heavy atom. The van der Waals surface area contributed by atoms with Gasteiger partial charge in [0.1, 0.15) is 0 Å². The van der Waals surface area contributed by atoms with Crippen molar-refractivity contribution in [3.8, 4) is 0 Å². The third-order valence-corrected chi connectivity index (χ3v) is 2.52. The summed E-state index contributed by atoms with van der Waals surface area (Å²) in [5, 5.41) is 21.9. The molecule has 1 aromatic heterocycles. The molecule has 0 fully saturated rings. The molecule has 18 heavy (non-hydrogen) atoms. The molecule has 1 heterocycles. The fourth-order valence-electron chi connectivity index (χ4n) is 1.32. The average molecular weight is 251 g/mol. The van der Waals surface area contributed by atoms with Crippen molar-refractivity contribution < 1.29 is 10.0 Å². The second kappa shape index (κ2) is 4.99. The van der Waals surface area contributed by atoms with E-state index in [0.29, 0.717) is 17.0 Å². The van der Waals surface area contributed by atoms with Gasteiger partial charge in [-0.2, -0.15) is 10.2 Å². The third kappa shape index (κ3) is 2.93. The predicted molar refractivity (Wildman–Crippen MR) is 66.5 cm³/mol. The molecular formula is C11H17N5O2. The molecule has 7 heteroatoms. The van der Waals surface area contributed by atoms with Crippen molar-refractivity contribution in [2.75, 3.05) is 0 Å². The molecule has 0 atom stereocenters. The van der Waals surface area contributed by atoms with Crippen molar-refractivity contribution in [2.24, 2.45) is 10.9 Å². The molecule has 4 N–H and O–H groups in total. The van der Waals surface area contributed by atoms with Crippen LogP contribution in [0.1, 0.15) is 35.6 Å². The highest BCUT2D eigenvalue weighted by atomic mass is 16.4. The number of oxime groups is 1. The van der Waals surface area contributed by atoms with Gasteiger partial charge in [0.15, 0.2) is 5.84 Å². The Balaban J connectivity index is 2.99. The van der Waals surface area contributed by atoms with Crippen LogP contribution in [0.5, 0.6) is 0 Å². The van der Waals surface area contributed by atoms with Gasteiger partial charge in [-0.25, -0.2) is 0 Å². The maximum Gasteiger partial charge on any atom is 0.254 e. The van der Waals surface area contributed by atoms with Gasteiger partial charge < -0.3 is 16.3 Å². The lowest BCUT2D eigenvalue weighted by Gasteiger charge is -2.24. The van der Waals surface area contributed by atoms with E-state index < -0.39 is 5.54 Å². The minimum atomic E-state index is -0.949. The number of carbonyl (C=O) groups excluding carboxylic acids is 1. The molecule has 0 aliphatic rings. The minimum absolute atomic E-state index is 0.0766. The molecule has 1 amide bonds. The van der Waals surface area contributed by atoms with Crippen LogP contribution in [0.25, 0.3) is 0 Å². The zero-order valence-electron chi connectivity index (χ0n) is 10.9. The van der Waals surface area contributed by atoms with Crippen molar-refractivity contribution in [1.29, 1.82) is 0 Å². The summed E-state index contributed by atoms with van der Waals surface area (Å²) < 4.78 is 0. The monoisotopic (exact) mass is 251 g/mol. The van der Waals surface area contributed by atoms with Gasteiger partial charge in [0.2, 0.25) is 0 Å². The van der Waals surface area contributed by atoms with Crippen LogP contribution < -0.4 is 11.1 Å². The summed E-state index contributed by atoms with van der Waals surface area (Å²) in [6, 6.07) is 1.64. The molecule has 0 saturated heterocycles. The van der Waals surface area contributed by atoms with Crippen LogP contribution in [0.4, 0.5) is 0 Å². The number of hydrogen-bond donors (Lipinski definition) is 3. The largest absolute Gasteiger partial charge is 0.409 e. The van der Waals surface area contributed by atoms with Crippen molar-refractivity contribution in [3.05, 3.63) is 23.0 Å². The molecule has 0 radical (unpaired) electrons. The van der Waals surface area contributed by atoms with Crippen LogP contribution in [0.2, 0.25) is 0 Å². The number of aromatic nitrogens is 2. The standard InChI is InChI=1S/C11H17N5O2/c1-6-5-8(7(2)15-14-6)9(17)13-11(3,4)10(12)16-18/h5,18H,1-4H3,(H2,12,16)(H,13,17). The second-order valence-electron chi connectivity index (χ2n) is 4.55. The Morgan fingerprint density at radius 1 is 1.44 bits per heavy atom. The zero-order valence-corrected chi connectivity index (χ0v) is 10.9.